The van der Waals surface area contributed by atoms with Gasteiger partial charge >= 0.3 is 6.18 Å². The van der Waals surface area contributed by atoms with Crippen LogP contribution in [-0.2, 0) is 0 Å². The first-order valence-electron chi connectivity index (χ1n) is 3.58. The van der Waals surface area contributed by atoms with Crippen molar-refractivity contribution in [3.05, 3.63) is 34.5 Å². The minimum absolute atomic E-state index is 0.0174. The molecule has 0 amide bonds. The molecule has 6 heteroatoms. The molecule has 1 nitrogen and oxygen atoms in total. The standard InChI is InChI=1S/C8H6Cl2F3N/c9-5-2-1-4(8(11,12)13)3-6(10)7(5)14/h1-3,5H,14H2. The van der Waals surface area contributed by atoms with E-state index in [2.05, 4.69) is 0 Å². The van der Waals surface area contributed by atoms with Crippen LogP contribution >= 0.6 is 23.2 Å². The maximum absolute atomic E-state index is 12.3. The number of alkyl halides is 4. The number of hydrogen-bond acceptors (Lipinski definition) is 1. The Morgan fingerprint density at radius 1 is 1.36 bits per heavy atom. The second-order valence-electron chi connectivity index (χ2n) is 2.66. The first-order valence-corrected chi connectivity index (χ1v) is 4.40. The van der Waals surface area contributed by atoms with E-state index in [1.807, 2.05) is 0 Å². The highest BCUT2D eigenvalue weighted by Crippen LogP contribution is 2.31. The van der Waals surface area contributed by atoms with E-state index < -0.39 is 17.1 Å². The second kappa shape index (κ2) is 3.87. The summed E-state index contributed by atoms with van der Waals surface area (Å²) in [6, 6.07) is 0. The maximum atomic E-state index is 12.3. The Kier molecular flexibility index (Phi) is 3.17. The molecule has 14 heavy (non-hydrogen) atoms. The van der Waals surface area contributed by atoms with Crippen LogP contribution < -0.4 is 5.73 Å². The molecule has 0 aromatic rings. The van der Waals surface area contributed by atoms with Gasteiger partial charge in [0, 0.05) is 5.70 Å². The smallest absolute Gasteiger partial charge is 0.399 e. The normalized spacial score (nSPS) is 23.5. The zero-order chi connectivity index (χ0) is 10.9. The summed E-state index contributed by atoms with van der Waals surface area (Å²) < 4.78 is 36.8. The highest BCUT2D eigenvalue weighted by atomic mass is 35.5. The molecule has 0 spiro atoms. The lowest BCUT2D eigenvalue weighted by molar-refractivity contribution is -0.0881. The van der Waals surface area contributed by atoms with E-state index in [1.54, 1.807) is 0 Å². The van der Waals surface area contributed by atoms with Gasteiger partial charge in [-0.25, -0.2) is 0 Å². The molecule has 1 rings (SSSR count). The third-order valence-corrected chi connectivity index (χ3v) is 2.34. The number of rotatable bonds is 0. The molecule has 78 valence electrons. The third kappa shape index (κ3) is 2.45. The summed E-state index contributed by atoms with van der Waals surface area (Å²) in [5.41, 5.74) is 4.53. The lowest BCUT2D eigenvalue weighted by atomic mass is 10.2. The Labute approximate surface area is 88.7 Å². The van der Waals surface area contributed by atoms with Gasteiger partial charge in [-0.3, -0.25) is 0 Å². The van der Waals surface area contributed by atoms with Crippen LogP contribution in [0.1, 0.15) is 0 Å². The van der Waals surface area contributed by atoms with Gasteiger partial charge in [0.05, 0.1) is 16.0 Å². The quantitative estimate of drug-likeness (QED) is 0.651. The van der Waals surface area contributed by atoms with Gasteiger partial charge < -0.3 is 5.73 Å². The summed E-state index contributed by atoms with van der Waals surface area (Å²) in [5, 5.41) is -0.985. The van der Waals surface area contributed by atoms with Gasteiger partial charge in [-0.15, -0.1) is 11.6 Å². The van der Waals surface area contributed by atoms with E-state index in [4.69, 9.17) is 28.9 Å². The molecule has 0 aliphatic heterocycles. The largest absolute Gasteiger partial charge is 0.416 e. The molecule has 0 saturated heterocycles. The molecule has 0 saturated carbocycles. The first kappa shape index (κ1) is 11.5. The van der Waals surface area contributed by atoms with E-state index in [1.165, 1.54) is 0 Å². The van der Waals surface area contributed by atoms with E-state index in [0.29, 0.717) is 0 Å². The fraction of sp³-hybridized carbons (Fsp3) is 0.250. The molecule has 0 radical (unpaired) electrons. The van der Waals surface area contributed by atoms with Crippen LogP contribution in [0.4, 0.5) is 13.2 Å². The van der Waals surface area contributed by atoms with E-state index in [9.17, 15) is 13.2 Å². The van der Waals surface area contributed by atoms with Crippen LogP contribution in [0.5, 0.6) is 0 Å². The molecule has 1 atom stereocenters. The molecule has 0 bridgehead atoms. The zero-order valence-corrected chi connectivity index (χ0v) is 8.29. The van der Waals surface area contributed by atoms with Crippen LogP contribution in [0, 0.1) is 0 Å². The molecular weight excluding hydrogens is 238 g/mol. The van der Waals surface area contributed by atoms with Gasteiger partial charge in [0.15, 0.2) is 0 Å². The lowest BCUT2D eigenvalue weighted by Crippen LogP contribution is -2.09. The van der Waals surface area contributed by atoms with Crippen LogP contribution in [0.3, 0.4) is 0 Å². The average Bonchev–Trinajstić information content (AvgIpc) is 2.17. The summed E-state index contributed by atoms with van der Waals surface area (Å²) in [6.07, 6.45) is -1.68. The Morgan fingerprint density at radius 3 is 2.43 bits per heavy atom. The van der Waals surface area contributed by atoms with E-state index in [-0.39, 0.29) is 10.7 Å². The Balaban J connectivity index is 3.14. The van der Waals surface area contributed by atoms with Crippen LogP contribution in [0.25, 0.3) is 0 Å². The Bertz CT molecular complexity index is 328. The molecule has 2 N–H and O–H groups in total. The van der Waals surface area contributed by atoms with E-state index in [0.717, 1.165) is 18.2 Å². The summed E-state index contributed by atoms with van der Waals surface area (Å²) in [4.78, 5) is 0. The van der Waals surface area contributed by atoms with Gasteiger partial charge in [-0.1, -0.05) is 23.8 Å². The topological polar surface area (TPSA) is 26.0 Å². The second-order valence-corrected chi connectivity index (χ2v) is 3.54. The number of allylic oxidation sites excluding steroid dienone is 5. The summed E-state index contributed by atoms with van der Waals surface area (Å²) in [7, 11) is 0. The maximum Gasteiger partial charge on any atom is 0.416 e. The zero-order valence-electron chi connectivity index (χ0n) is 6.78. The van der Waals surface area contributed by atoms with Gasteiger partial charge in [0.1, 0.15) is 0 Å². The molecule has 0 heterocycles. The molecule has 0 fully saturated rings. The van der Waals surface area contributed by atoms with Crippen molar-refractivity contribution in [1.82, 2.24) is 0 Å². The van der Waals surface area contributed by atoms with Crippen molar-refractivity contribution in [3.63, 3.8) is 0 Å². The van der Waals surface area contributed by atoms with Crippen molar-refractivity contribution in [2.75, 3.05) is 0 Å². The van der Waals surface area contributed by atoms with Crippen molar-refractivity contribution in [3.8, 4) is 0 Å². The molecular formula is C8H6Cl2F3N. The predicted octanol–water partition coefficient (Wildman–Crippen LogP) is 3.06. The van der Waals surface area contributed by atoms with Gasteiger partial charge in [0.2, 0.25) is 0 Å². The monoisotopic (exact) mass is 243 g/mol. The van der Waals surface area contributed by atoms with E-state index >= 15 is 0 Å². The summed E-state index contributed by atoms with van der Waals surface area (Å²) in [5.74, 6) is 0. The van der Waals surface area contributed by atoms with Gasteiger partial charge in [0.25, 0.3) is 0 Å². The van der Waals surface area contributed by atoms with Crippen LogP contribution in [-0.4, -0.2) is 11.6 Å². The van der Waals surface area contributed by atoms with Crippen LogP contribution in [0.15, 0.2) is 34.5 Å². The minimum atomic E-state index is -4.45. The molecule has 1 unspecified atom stereocenters. The molecule has 1 aliphatic rings. The van der Waals surface area contributed by atoms with Gasteiger partial charge in [-0.2, -0.15) is 13.2 Å². The van der Waals surface area contributed by atoms with Crippen molar-refractivity contribution in [2.45, 2.75) is 11.6 Å². The minimum Gasteiger partial charge on any atom is -0.399 e. The fourth-order valence-electron chi connectivity index (χ4n) is 0.868. The molecule has 0 aromatic carbocycles. The Hall–Kier alpha value is -0.610. The lowest BCUT2D eigenvalue weighted by Gasteiger charge is -2.05. The summed E-state index contributed by atoms with van der Waals surface area (Å²) in [6.45, 7) is 0. The molecule has 0 aromatic heterocycles. The number of nitrogens with two attached hydrogens (primary N) is 1. The Morgan fingerprint density at radius 2 is 1.93 bits per heavy atom. The van der Waals surface area contributed by atoms with Crippen molar-refractivity contribution >= 4 is 23.2 Å². The highest BCUT2D eigenvalue weighted by Gasteiger charge is 2.33. The highest BCUT2D eigenvalue weighted by molar-refractivity contribution is 6.33. The predicted molar refractivity (Wildman–Crippen MR) is 50.0 cm³/mol. The third-order valence-electron chi connectivity index (χ3n) is 1.63. The first-order chi connectivity index (χ1) is 6.32. The van der Waals surface area contributed by atoms with Crippen LogP contribution in [0.2, 0.25) is 0 Å². The van der Waals surface area contributed by atoms with Gasteiger partial charge in [-0.05, 0) is 6.08 Å². The van der Waals surface area contributed by atoms with Crippen molar-refractivity contribution in [1.29, 1.82) is 0 Å². The SMILES string of the molecule is NC1=C(Cl)C=C(C(F)(F)F)C=CC1Cl. The summed E-state index contributed by atoms with van der Waals surface area (Å²) >= 11 is 11.1. The fourth-order valence-corrected chi connectivity index (χ4v) is 1.35. The number of halogens is 5. The van der Waals surface area contributed by atoms with Crippen molar-refractivity contribution < 1.29 is 13.2 Å². The van der Waals surface area contributed by atoms with Crippen molar-refractivity contribution in [2.24, 2.45) is 5.73 Å². The average molecular weight is 244 g/mol. The molecule has 1 aliphatic carbocycles. The number of hydrogen-bond donors (Lipinski definition) is 1.